The van der Waals surface area contributed by atoms with Gasteiger partial charge in [-0.3, -0.25) is 9.52 Å². The zero-order valence-electron chi connectivity index (χ0n) is 24.4. The zero-order chi connectivity index (χ0) is 32.4. The molecule has 0 aliphatic carbocycles. The molecule has 0 unspecified atom stereocenters. The first-order valence-electron chi connectivity index (χ1n) is 13.5. The van der Waals surface area contributed by atoms with Crippen LogP contribution in [0.1, 0.15) is 29.8 Å². The third-order valence-corrected chi connectivity index (χ3v) is 8.40. The highest BCUT2D eigenvalue weighted by Gasteiger charge is 2.35. The number of ether oxygens (including phenoxy) is 1. The first-order chi connectivity index (χ1) is 20.6. The molecular formula is C28H33F3N6O6S. The first-order valence-corrected chi connectivity index (χ1v) is 15.0. The number of nitrogens with one attached hydrogen (secondary N) is 2. The molecular weight excluding hydrogens is 605 g/mol. The van der Waals surface area contributed by atoms with Crippen molar-refractivity contribution in [2.45, 2.75) is 37.2 Å². The van der Waals surface area contributed by atoms with Crippen LogP contribution in [-0.4, -0.2) is 83.7 Å². The fourth-order valence-corrected chi connectivity index (χ4v) is 5.59. The molecule has 4 rings (SSSR count). The van der Waals surface area contributed by atoms with Crippen molar-refractivity contribution in [1.29, 1.82) is 0 Å². The molecule has 3 N–H and O–H groups in total. The predicted molar refractivity (Wildman–Crippen MR) is 155 cm³/mol. The molecule has 44 heavy (non-hydrogen) atoms. The molecule has 0 saturated carbocycles. The van der Waals surface area contributed by atoms with Crippen molar-refractivity contribution in [1.82, 2.24) is 19.4 Å². The van der Waals surface area contributed by atoms with Gasteiger partial charge in [-0.25, -0.2) is 9.78 Å². The van der Waals surface area contributed by atoms with Gasteiger partial charge in [-0.2, -0.15) is 21.6 Å². The first kappa shape index (κ1) is 32.6. The number of aliphatic hydroxyl groups is 1. The van der Waals surface area contributed by atoms with Crippen LogP contribution >= 0.6 is 0 Å². The molecule has 0 bridgehead atoms. The lowest BCUT2D eigenvalue weighted by atomic mass is 9.99. The van der Waals surface area contributed by atoms with E-state index in [-0.39, 0.29) is 53.3 Å². The number of alkyl halides is 3. The van der Waals surface area contributed by atoms with Crippen molar-refractivity contribution in [3.63, 3.8) is 0 Å². The zero-order valence-corrected chi connectivity index (χ0v) is 25.2. The Morgan fingerprint density at radius 1 is 1.20 bits per heavy atom. The topological polar surface area (TPSA) is 146 Å². The van der Waals surface area contributed by atoms with Gasteiger partial charge in [-0.15, -0.1) is 0 Å². The smallest absolute Gasteiger partial charge is 0.416 e. The summed E-state index contributed by atoms with van der Waals surface area (Å²) >= 11 is 0. The summed E-state index contributed by atoms with van der Waals surface area (Å²) < 4.78 is 74.4. The molecule has 0 spiro atoms. The largest absolute Gasteiger partial charge is 0.487 e. The number of aliphatic hydroxyl groups excluding tert-OH is 1. The summed E-state index contributed by atoms with van der Waals surface area (Å²) in [4.78, 5) is 33.2. The van der Waals surface area contributed by atoms with Gasteiger partial charge in [0.05, 0.1) is 36.6 Å². The number of carbonyl (C=O) groups excluding carboxylic acids is 2. The lowest BCUT2D eigenvalue weighted by molar-refractivity contribution is -0.137. The van der Waals surface area contributed by atoms with Crippen LogP contribution in [0.3, 0.4) is 0 Å². The molecule has 0 saturated heterocycles. The van der Waals surface area contributed by atoms with E-state index in [9.17, 15) is 36.3 Å². The highest BCUT2D eigenvalue weighted by molar-refractivity contribution is 7.92. The van der Waals surface area contributed by atoms with Crippen LogP contribution in [0, 0.1) is 5.92 Å². The van der Waals surface area contributed by atoms with Gasteiger partial charge in [-0.05, 0) is 49.4 Å². The molecule has 12 nitrogen and oxygen atoms in total. The Labute approximate surface area is 252 Å². The number of amides is 3. The number of benzene rings is 2. The van der Waals surface area contributed by atoms with Crippen LogP contribution in [0.5, 0.6) is 5.75 Å². The van der Waals surface area contributed by atoms with Gasteiger partial charge >= 0.3 is 12.2 Å². The lowest BCUT2D eigenvalue weighted by Crippen LogP contribution is -2.50. The summed E-state index contributed by atoms with van der Waals surface area (Å²) in [6, 6.07) is 7.05. The SMILES string of the molecule is C[C@@H]1CN([C@H](C)CO)C(=O)c2cc(NS(=O)(=O)c3cn(C)cn3)ccc2O[C@@H]1CN(C)C(=O)Nc1ccc(C(F)(F)F)cc1. The maximum Gasteiger partial charge on any atom is 0.416 e. The number of anilines is 2. The number of hydrogen-bond donors (Lipinski definition) is 3. The molecule has 3 atom stereocenters. The number of carbonyl (C=O) groups is 2. The van der Waals surface area contributed by atoms with E-state index in [0.717, 1.165) is 24.3 Å². The monoisotopic (exact) mass is 638 g/mol. The summed E-state index contributed by atoms with van der Waals surface area (Å²) in [5, 5.41) is 12.2. The van der Waals surface area contributed by atoms with E-state index in [1.165, 1.54) is 52.1 Å². The number of halogens is 3. The van der Waals surface area contributed by atoms with Crippen molar-refractivity contribution in [2.24, 2.45) is 13.0 Å². The van der Waals surface area contributed by atoms with Crippen LogP contribution in [-0.2, 0) is 23.2 Å². The Hall–Kier alpha value is -4.31. The molecule has 1 aromatic heterocycles. The Bertz CT molecular complexity index is 1610. The van der Waals surface area contributed by atoms with Crippen LogP contribution in [0.4, 0.5) is 29.3 Å². The molecule has 2 aromatic carbocycles. The molecule has 1 aliphatic heterocycles. The summed E-state index contributed by atoms with van der Waals surface area (Å²) in [7, 11) is -0.950. The van der Waals surface area contributed by atoms with E-state index in [2.05, 4.69) is 15.0 Å². The molecule has 2 heterocycles. The number of hydrogen-bond acceptors (Lipinski definition) is 7. The molecule has 16 heteroatoms. The number of sulfonamides is 1. The number of imidazole rings is 1. The average Bonchev–Trinajstić information content (AvgIpc) is 3.41. The van der Waals surface area contributed by atoms with E-state index in [4.69, 9.17) is 4.74 Å². The van der Waals surface area contributed by atoms with Gasteiger partial charge in [0.15, 0.2) is 5.03 Å². The quantitative estimate of drug-likeness (QED) is 0.342. The van der Waals surface area contributed by atoms with E-state index in [1.807, 2.05) is 6.92 Å². The maximum absolute atomic E-state index is 13.6. The van der Waals surface area contributed by atoms with Gasteiger partial charge < -0.3 is 29.5 Å². The lowest BCUT2D eigenvalue weighted by Gasteiger charge is -2.38. The Morgan fingerprint density at radius 2 is 1.86 bits per heavy atom. The second-order valence-electron chi connectivity index (χ2n) is 10.7. The minimum Gasteiger partial charge on any atom is -0.487 e. The molecule has 238 valence electrons. The van der Waals surface area contributed by atoms with Crippen LogP contribution in [0.15, 0.2) is 60.0 Å². The second-order valence-corrected chi connectivity index (χ2v) is 12.3. The Morgan fingerprint density at radius 3 is 2.45 bits per heavy atom. The average molecular weight is 639 g/mol. The minimum atomic E-state index is -4.51. The molecule has 3 aromatic rings. The number of aromatic nitrogens is 2. The Kier molecular flexibility index (Phi) is 9.44. The molecule has 0 radical (unpaired) electrons. The van der Waals surface area contributed by atoms with Crippen molar-refractivity contribution < 1.29 is 41.0 Å². The number of aryl methyl sites for hydroxylation is 1. The number of nitrogens with zero attached hydrogens (tertiary/aromatic N) is 4. The van der Waals surface area contributed by atoms with Gasteiger partial charge in [0, 0.05) is 44.1 Å². The summed E-state index contributed by atoms with van der Waals surface area (Å²) in [6.07, 6.45) is -2.52. The highest BCUT2D eigenvalue weighted by Crippen LogP contribution is 2.32. The van der Waals surface area contributed by atoms with Crippen LogP contribution in [0.2, 0.25) is 0 Å². The van der Waals surface area contributed by atoms with E-state index in [0.29, 0.717) is 0 Å². The van der Waals surface area contributed by atoms with Gasteiger partial charge in [-0.1, -0.05) is 6.92 Å². The number of likely N-dealkylation sites (N-methyl/N-ethyl adjacent to an activating group) is 1. The molecule has 1 aliphatic rings. The van der Waals surface area contributed by atoms with Crippen molar-refractivity contribution >= 4 is 33.3 Å². The van der Waals surface area contributed by atoms with Crippen LogP contribution in [0.25, 0.3) is 0 Å². The van der Waals surface area contributed by atoms with Gasteiger partial charge in [0.1, 0.15) is 11.9 Å². The van der Waals surface area contributed by atoms with Crippen molar-refractivity contribution in [3.8, 4) is 5.75 Å². The summed E-state index contributed by atoms with van der Waals surface area (Å²) in [5.41, 5.74) is -0.550. The van der Waals surface area contributed by atoms with Gasteiger partial charge in [0.2, 0.25) is 0 Å². The van der Waals surface area contributed by atoms with Crippen LogP contribution < -0.4 is 14.8 Å². The van der Waals surface area contributed by atoms with E-state index >= 15 is 0 Å². The molecule has 3 amide bonds. The Balaban J connectivity index is 1.57. The molecule has 0 fully saturated rings. The minimum absolute atomic E-state index is 0.0245. The van der Waals surface area contributed by atoms with E-state index in [1.54, 1.807) is 14.0 Å². The van der Waals surface area contributed by atoms with Crippen molar-refractivity contribution in [3.05, 3.63) is 66.1 Å². The second kappa shape index (κ2) is 12.7. The standard InChI is InChI=1S/C28H33F3N6O6S/c1-17-12-37(18(2)15-38)26(39)22-11-21(34-44(41,42)25-14-35(3)16-32-25)9-10-23(22)43-24(17)13-36(4)27(40)33-20-7-5-19(6-8-20)28(29,30)31/h5-11,14,16-18,24,34,38H,12-13,15H2,1-4H3,(H,33,40)/t17-,18-,24-/m1/s1. The summed E-state index contributed by atoms with van der Waals surface area (Å²) in [5.74, 6) is -0.692. The summed E-state index contributed by atoms with van der Waals surface area (Å²) in [6.45, 7) is 3.32. The highest BCUT2D eigenvalue weighted by atomic mass is 32.2. The van der Waals surface area contributed by atoms with Crippen molar-refractivity contribution in [2.75, 3.05) is 36.8 Å². The van der Waals surface area contributed by atoms with Gasteiger partial charge in [0.25, 0.3) is 15.9 Å². The predicted octanol–water partition coefficient (Wildman–Crippen LogP) is 3.62. The fourth-order valence-electron chi connectivity index (χ4n) is 4.55. The fraction of sp³-hybridized carbons (Fsp3) is 0.393. The third kappa shape index (κ3) is 7.42. The maximum atomic E-state index is 13.6. The number of rotatable bonds is 8. The van der Waals surface area contributed by atoms with E-state index < -0.39 is 45.8 Å². The third-order valence-electron chi connectivity index (χ3n) is 7.14. The number of fused-ring (bicyclic) bond motifs is 1. The number of urea groups is 1. The normalized spacial score (nSPS) is 18.0.